The summed E-state index contributed by atoms with van der Waals surface area (Å²) in [7, 11) is 0. The van der Waals surface area contributed by atoms with Gasteiger partial charge in [0.1, 0.15) is 5.76 Å². The van der Waals surface area contributed by atoms with E-state index in [-0.39, 0.29) is 17.2 Å². The number of nitro benzene ring substituents is 1. The lowest BCUT2D eigenvalue weighted by Gasteiger charge is -2.24. The van der Waals surface area contributed by atoms with E-state index in [9.17, 15) is 19.7 Å². The fourth-order valence-electron chi connectivity index (χ4n) is 3.72. The van der Waals surface area contributed by atoms with Crippen molar-refractivity contribution in [1.82, 2.24) is 0 Å². The van der Waals surface area contributed by atoms with Crippen molar-refractivity contribution >= 4 is 35.0 Å². The maximum atomic E-state index is 13.5. The number of para-hydroxylation sites is 1. The van der Waals surface area contributed by atoms with Gasteiger partial charge in [0.15, 0.2) is 5.78 Å². The fourth-order valence-corrected chi connectivity index (χ4v) is 4.98. The summed E-state index contributed by atoms with van der Waals surface area (Å²) in [6.07, 6.45) is 1.77. The Balaban J connectivity index is 1.69. The lowest BCUT2D eigenvalue weighted by atomic mass is 9.90. The minimum absolute atomic E-state index is 0.0230. The van der Waals surface area contributed by atoms with E-state index >= 15 is 0 Å². The van der Waals surface area contributed by atoms with E-state index in [1.165, 1.54) is 17.8 Å². The molecular formula is C26H21NO5S. The van der Waals surface area contributed by atoms with Crippen molar-refractivity contribution in [3.63, 3.8) is 0 Å². The number of carbonyl (C=O) groups excluding carboxylic acids is 2. The predicted molar refractivity (Wildman–Crippen MR) is 127 cm³/mol. The van der Waals surface area contributed by atoms with Crippen LogP contribution in [0.2, 0.25) is 0 Å². The maximum Gasteiger partial charge on any atom is 0.343 e. The third kappa shape index (κ3) is 5.21. The SMILES string of the molecule is O=C(O/C(=C1\CCC[C@@H](Sc2ccccc2[N+](=O)[O-])C1=O)c1ccccc1)c1ccccc1. The molecule has 166 valence electrons. The Kier molecular flexibility index (Phi) is 7.00. The van der Waals surface area contributed by atoms with Crippen LogP contribution in [0.5, 0.6) is 0 Å². The first-order chi connectivity index (χ1) is 16.0. The van der Waals surface area contributed by atoms with Crippen molar-refractivity contribution in [3.05, 3.63) is 112 Å². The van der Waals surface area contributed by atoms with Crippen LogP contribution in [0.1, 0.15) is 35.2 Å². The second kappa shape index (κ2) is 10.3. The molecule has 3 aromatic rings. The zero-order chi connectivity index (χ0) is 23.2. The molecule has 6 nitrogen and oxygen atoms in total. The Morgan fingerprint density at radius 3 is 2.18 bits per heavy atom. The third-order valence-electron chi connectivity index (χ3n) is 5.33. The van der Waals surface area contributed by atoms with Crippen LogP contribution in [0.15, 0.2) is 95.4 Å². The van der Waals surface area contributed by atoms with Gasteiger partial charge in [-0.2, -0.15) is 0 Å². The highest BCUT2D eigenvalue weighted by molar-refractivity contribution is 8.00. The molecule has 33 heavy (non-hydrogen) atoms. The molecule has 0 N–H and O–H groups in total. The Morgan fingerprint density at radius 1 is 0.909 bits per heavy atom. The van der Waals surface area contributed by atoms with Crippen LogP contribution in [0, 0.1) is 10.1 Å². The largest absolute Gasteiger partial charge is 0.422 e. The number of allylic oxidation sites excluding steroid dienone is 1. The van der Waals surface area contributed by atoms with Gasteiger partial charge in [-0.3, -0.25) is 14.9 Å². The van der Waals surface area contributed by atoms with Gasteiger partial charge in [-0.15, -0.1) is 11.8 Å². The average Bonchev–Trinajstić information content (AvgIpc) is 2.85. The number of nitrogens with zero attached hydrogens (tertiary/aromatic N) is 1. The standard InChI is InChI=1S/C26H21NO5S/c28-24-20(14-9-17-23(24)33-22-16-8-7-15-21(22)27(30)31)25(18-10-3-1-4-11-18)32-26(29)19-12-5-2-6-13-19/h1-8,10-13,15-16,23H,9,14,17H2/b25-20+/t23-/m1/s1. The van der Waals surface area contributed by atoms with Crippen LogP contribution < -0.4 is 0 Å². The van der Waals surface area contributed by atoms with Gasteiger partial charge < -0.3 is 4.74 Å². The molecule has 0 bridgehead atoms. The molecule has 0 unspecified atom stereocenters. The van der Waals surface area contributed by atoms with Gasteiger partial charge in [-0.05, 0) is 37.5 Å². The lowest BCUT2D eigenvalue weighted by Crippen LogP contribution is -2.26. The zero-order valence-electron chi connectivity index (χ0n) is 17.7. The van der Waals surface area contributed by atoms with Crippen molar-refractivity contribution in [2.45, 2.75) is 29.4 Å². The number of rotatable bonds is 6. The molecule has 3 aromatic carbocycles. The number of hydrogen-bond acceptors (Lipinski definition) is 6. The number of ketones is 1. The molecule has 0 aliphatic heterocycles. The molecule has 0 radical (unpaired) electrons. The number of carbonyl (C=O) groups is 2. The number of esters is 1. The Bertz CT molecular complexity index is 1210. The molecular weight excluding hydrogens is 438 g/mol. The van der Waals surface area contributed by atoms with E-state index in [1.807, 2.05) is 24.3 Å². The van der Waals surface area contributed by atoms with Crippen molar-refractivity contribution in [3.8, 4) is 0 Å². The van der Waals surface area contributed by atoms with E-state index in [4.69, 9.17) is 4.74 Å². The van der Waals surface area contributed by atoms with E-state index < -0.39 is 16.1 Å². The van der Waals surface area contributed by atoms with Crippen molar-refractivity contribution < 1.29 is 19.2 Å². The van der Waals surface area contributed by atoms with Gasteiger partial charge in [0.05, 0.1) is 20.6 Å². The van der Waals surface area contributed by atoms with Gasteiger partial charge >= 0.3 is 5.97 Å². The first-order valence-corrected chi connectivity index (χ1v) is 11.4. The molecule has 1 aliphatic rings. The minimum Gasteiger partial charge on any atom is -0.422 e. The van der Waals surface area contributed by atoms with Gasteiger partial charge in [-0.1, -0.05) is 60.7 Å². The number of Topliss-reactive ketones (excluding diaryl/α,β-unsaturated/α-hetero) is 1. The predicted octanol–water partition coefficient (Wildman–Crippen LogP) is 6.08. The van der Waals surface area contributed by atoms with Crippen molar-refractivity contribution in [2.24, 2.45) is 0 Å². The highest BCUT2D eigenvalue weighted by Crippen LogP contribution is 2.40. The van der Waals surface area contributed by atoms with Crippen LogP contribution in [-0.2, 0) is 9.53 Å². The van der Waals surface area contributed by atoms with Gasteiger partial charge in [0.25, 0.3) is 5.69 Å². The summed E-state index contributed by atoms with van der Waals surface area (Å²) < 4.78 is 5.80. The smallest absolute Gasteiger partial charge is 0.343 e. The quantitative estimate of drug-likeness (QED) is 0.146. The highest BCUT2D eigenvalue weighted by Gasteiger charge is 2.33. The summed E-state index contributed by atoms with van der Waals surface area (Å²) in [4.78, 5) is 37.7. The molecule has 0 saturated heterocycles. The maximum absolute atomic E-state index is 13.5. The first kappa shape index (κ1) is 22.5. The van der Waals surface area contributed by atoms with E-state index in [2.05, 4.69) is 0 Å². The van der Waals surface area contributed by atoms with E-state index in [0.717, 1.165) is 0 Å². The Hall–Kier alpha value is -3.71. The molecule has 0 spiro atoms. The Labute approximate surface area is 195 Å². The van der Waals surface area contributed by atoms with E-state index in [1.54, 1.807) is 54.6 Å². The molecule has 0 amide bonds. The molecule has 7 heteroatoms. The topological polar surface area (TPSA) is 86.5 Å². The monoisotopic (exact) mass is 459 g/mol. The van der Waals surface area contributed by atoms with Crippen LogP contribution in [0.4, 0.5) is 5.69 Å². The third-order valence-corrected chi connectivity index (χ3v) is 6.66. The van der Waals surface area contributed by atoms with Crippen molar-refractivity contribution in [1.29, 1.82) is 0 Å². The van der Waals surface area contributed by atoms with Gasteiger partial charge in [0.2, 0.25) is 0 Å². The first-order valence-electron chi connectivity index (χ1n) is 10.5. The zero-order valence-corrected chi connectivity index (χ0v) is 18.5. The summed E-state index contributed by atoms with van der Waals surface area (Å²) in [6.45, 7) is 0. The lowest BCUT2D eigenvalue weighted by molar-refractivity contribution is -0.387. The normalized spacial score (nSPS) is 17.3. The number of thioether (sulfide) groups is 1. The number of nitro groups is 1. The molecule has 1 atom stereocenters. The van der Waals surface area contributed by atoms with Crippen LogP contribution in [0.25, 0.3) is 5.76 Å². The minimum atomic E-state index is -0.539. The highest BCUT2D eigenvalue weighted by atomic mass is 32.2. The molecule has 1 aliphatic carbocycles. The summed E-state index contributed by atoms with van der Waals surface area (Å²) in [5, 5.41) is 10.9. The molecule has 0 aromatic heterocycles. The average molecular weight is 460 g/mol. The second-order valence-corrected chi connectivity index (χ2v) is 8.76. The molecule has 0 heterocycles. The van der Waals surface area contributed by atoms with Crippen molar-refractivity contribution in [2.75, 3.05) is 0 Å². The number of hydrogen-bond donors (Lipinski definition) is 0. The molecule has 1 fully saturated rings. The Morgan fingerprint density at radius 2 is 1.52 bits per heavy atom. The van der Waals surface area contributed by atoms with Crippen LogP contribution in [-0.4, -0.2) is 21.9 Å². The van der Waals surface area contributed by atoms with E-state index in [0.29, 0.717) is 40.9 Å². The number of benzene rings is 3. The summed E-state index contributed by atoms with van der Waals surface area (Å²) in [6, 6.07) is 24.1. The van der Waals surface area contributed by atoms with Crippen LogP contribution >= 0.6 is 11.8 Å². The fraction of sp³-hybridized carbons (Fsp3) is 0.154. The number of ether oxygens (including phenoxy) is 1. The summed E-state index contributed by atoms with van der Waals surface area (Å²) >= 11 is 1.19. The van der Waals surface area contributed by atoms with Gasteiger partial charge in [-0.25, -0.2) is 4.79 Å². The van der Waals surface area contributed by atoms with Gasteiger partial charge in [0, 0.05) is 17.2 Å². The van der Waals surface area contributed by atoms with Crippen LogP contribution in [0.3, 0.4) is 0 Å². The summed E-state index contributed by atoms with van der Waals surface area (Å²) in [5.74, 6) is -0.449. The molecule has 1 saturated carbocycles. The summed E-state index contributed by atoms with van der Waals surface area (Å²) in [5.41, 5.74) is 1.44. The second-order valence-electron chi connectivity index (χ2n) is 7.52. The molecule has 4 rings (SSSR count).